The fourth-order valence-corrected chi connectivity index (χ4v) is 6.72. The monoisotopic (exact) mass is 352 g/mol. The predicted octanol–water partition coefficient (Wildman–Crippen LogP) is 3.63. The van der Waals surface area contributed by atoms with Crippen LogP contribution in [0.1, 0.15) is 79.1 Å². The maximum absolute atomic E-state index is 10.2. The third-order valence-corrected chi connectivity index (χ3v) is 7.72. The van der Waals surface area contributed by atoms with Gasteiger partial charge in [0.15, 0.2) is 5.79 Å². The highest BCUT2D eigenvalue weighted by Gasteiger charge is 2.59. The third kappa shape index (κ3) is 3.18. The lowest BCUT2D eigenvalue weighted by atomic mass is 9.59. The molecule has 4 rings (SSSR count). The average molecular weight is 353 g/mol. The van der Waals surface area contributed by atoms with Gasteiger partial charge in [-0.05, 0) is 61.2 Å². The number of hydrogen-bond acceptors (Lipinski definition) is 4. The first-order valence-electron chi connectivity index (χ1n) is 10.3. The van der Waals surface area contributed by atoms with Gasteiger partial charge in [-0.2, -0.15) is 0 Å². The molecule has 6 unspecified atom stereocenters. The molecular weight excluding hydrogens is 316 g/mol. The number of fused-ring (bicyclic) bond motifs is 2. The van der Waals surface area contributed by atoms with Crippen LogP contribution >= 0.6 is 0 Å². The highest BCUT2D eigenvalue weighted by molar-refractivity contribution is 5.04. The van der Waals surface area contributed by atoms with Crippen molar-refractivity contribution < 1.29 is 19.7 Å². The Labute approximate surface area is 152 Å². The summed E-state index contributed by atoms with van der Waals surface area (Å²) in [5.74, 6) is 0.453. The van der Waals surface area contributed by atoms with Gasteiger partial charge in [0, 0.05) is 12.8 Å². The number of aliphatic hydroxyl groups excluding tert-OH is 2. The van der Waals surface area contributed by atoms with Crippen molar-refractivity contribution in [2.75, 3.05) is 0 Å². The molecule has 0 amide bonds. The van der Waals surface area contributed by atoms with Crippen LogP contribution in [0.3, 0.4) is 0 Å². The van der Waals surface area contributed by atoms with E-state index in [9.17, 15) is 10.2 Å². The fraction of sp³-hybridized carbons (Fsp3) is 1.00. The van der Waals surface area contributed by atoms with Crippen LogP contribution in [-0.4, -0.2) is 40.4 Å². The van der Waals surface area contributed by atoms with Crippen molar-refractivity contribution in [2.24, 2.45) is 22.7 Å². The highest BCUT2D eigenvalue weighted by atomic mass is 16.7. The number of hydrogen-bond donors (Lipinski definition) is 2. The van der Waals surface area contributed by atoms with E-state index >= 15 is 0 Å². The Balaban J connectivity index is 1.62. The van der Waals surface area contributed by atoms with Crippen molar-refractivity contribution in [1.29, 1.82) is 0 Å². The summed E-state index contributed by atoms with van der Waals surface area (Å²) in [6.45, 7) is 9.41. The van der Waals surface area contributed by atoms with Gasteiger partial charge in [-0.3, -0.25) is 0 Å². The molecule has 1 spiro atoms. The van der Waals surface area contributed by atoms with Crippen molar-refractivity contribution in [3.63, 3.8) is 0 Å². The molecule has 0 radical (unpaired) electrons. The number of rotatable bonds is 0. The number of aliphatic hydroxyl groups is 2. The van der Waals surface area contributed by atoms with E-state index in [-0.39, 0.29) is 35.2 Å². The SMILES string of the molecule is CC1(C)CC2(CC(C)(C)C3CCC(O)CC3O2)OC2CC(O)CCC21. The summed E-state index contributed by atoms with van der Waals surface area (Å²) in [5, 5.41) is 20.4. The Hall–Kier alpha value is -0.160. The van der Waals surface area contributed by atoms with Crippen LogP contribution in [0.2, 0.25) is 0 Å². The second kappa shape index (κ2) is 5.92. The van der Waals surface area contributed by atoms with Crippen LogP contribution < -0.4 is 0 Å². The van der Waals surface area contributed by atoms with Crippen LogP contribution in [0.25, 0.3) is 0 Å². The minimum atomic E-state index is -0.552. The first-order valence-corrected chi connectivity index (χ1v) is 10.3. The van der Waals surface area contributed by atoms with Gasteiger partial charge in [-0.25, -0.2) is 0 Å². The zero-order valence-corrected chi connectivity index (χ0v) is 16.3. The summed E-state index contributed by atoms with van der Waals surface area (Å²) in [7, 11) is 0. The minimum absolute atomic E-state index is 0.0911. The summed E-state index contributed by atoms with van der Waals surface area (Å²) in [6, 6.07) is 0. The normalized spacial score (nSPS) is 51.6. The predicted molar refractivity (Wildman–Crippen MR) is 96.0 cm³/mol. The van der Waals surface area contributed by atoms with Gasteiger partial charge in [-0.1, -0.05) is 27.7 Å². The maximum atomic E-state index is 10.2. The lowest BCUT2D eigenvalue weighted by Gasteiger charge is -2.61. The highest BCUT2D eigenvalue weighted by Crippen LogP contribution is 2.59. The summed E-state index contributed by atoms with van der Waals surface area (Å²) in [6.07, 6.45) is 6.87. The van der Waals surface area contributed by atoms with Gasteiger partial charge in [0.2, 0.25) is 0 Å². The van der Waals surface area contributed by atoms with Crippen molar-refractivity contribution in [1.82, 2.24) is 0 Å². The molecule has 4 nitrogen and oxygen atoms in total. The van der Waals surface area contributed by atoms with Gasteiger partial charge < -0.3 is 19.7 Å². The molecule has 2 aliphatic carbocycles. The van der Waals surface area contributed by atoms with E-state index < -0.39 is 5.79 Å². The van der Waals surface area contributed by atoms with Crippen LogP contribution in [0.15, 0.2) is 0 Å². The Morgan fingerprint density at radius 3 is 1.48 bits per heavy atom. The molecule has 2 N–H and O–H groups in total. The molecule has 2 aliphatic heterocycles. The maximum Gasteiger partial charge on any atom is 0.170 e. The first-order chi connectivity index (χ1) is 11.6. The van der Waals surface area contributed by atoms with Gasteiger partial charge >= 0.3 is 0 Å². The summed E-state index contributed by atoms with van der Waals surface area (Å²) < 4.78 is 13.4. The second-order valence-corrected chi connectivity index (χ2v) is 10.7. The third-order valence-electron chi connectivity index (χ3n) is 7.72. The number of ether oxygens (including phenoxy) is 2. The van der Waals surface area contributed by atoms with Crippen LogP contribution in [0.5, 0.6) is 0 Å². The van der Waals surface area contributed by atoms with E-state index in [0.29, 0.717) is 11.8 Å². The van der Waals surface area contributed by atoms with Gasteiger partial charge in [0.05, 0.1) is 24.4 Å². The average Bonchev–Trinajstić information content (AvgIpc) is 2.43. The molecule has 0 aromatic carbocycles. The van der Waals surface area contributed by atoms with Crippen LogP contribution in [0.4, 0.5) is 0 Å². The second-order valence-electron chi connectivity index (χ2n) is 10.7. The van der Waals surface area contributed by atoms with E-state index in [0.717, 1.165) is 51.4 Å². The Morgan fingerprint density at radius 2 is 1.08 bits per heavy atom. The van der Waals surface area contributed by atoms with E-state index in [2.05, 4.69) is 27.7 Å². The van der Waals surface area contributed by atoms with E-state index in [4.69, 9.17) is 9.47 Å². The van der Waals surface area contributed by atoms with E-state index in [1.54, 1.807) is 0 Å². The molecule has 0 aromatic rings. The van der Waals surface area contributed by atoms with Crippen molar-refractivity contribution in [3.8, 4) is 0 Å². The molecular formula is C21H36O4. The van der Waals surface area contributed by atoms with E-state index in [1.807, 2.05) is 0 Å². The van der Waals surface area contributed by atoms with Crippen LogP contribution in [-0.2, 0) is 9.47 Å². The van der Waals surface area contributed by atoms with Crippen LogP contribution in [0, 0.1) is 22.7 Å². The van der Waals surface area contributed by atoms with Crippen molar-refractivity contribution in [2.45, 2.75) is 109 Å². The van der Waals surface area contributed by atoms with Crippen molar-refractivity contribution in [3.05, 3.63) is 0 Å². The molecule has 2 saturated heterocycles. The smallest absolute Gasteiger partial charge is 0.170 e. The standard InChI is InChI=1S/C21H36O4/c1-19(2)11-21(24-17-9-13(22)5-7-15(17)19)12-20(3,4)16-8-6-14(23)10-18(16)25-21/h13-18,22-23H,5-12H2,1-4H3. The summed E-state index contributed by atoms with van der Waals surface area (Å²) in [5.41, 5.74) is 0.304. The fourth-order valence-electron chi connectivity index (χ4n) is 6.72. The molecule has 2 saturated carbocycles. The molecule has 4 fully saturated rings. The molecule has 4 heteroatoms. The molecule has 0 aromatic heterocycles. The van der Waals surface area contributed by atoms with E-state index in [1.165, 1.54) is 0 Å². The largest absolute Gasteiger partial charge is 0.393 e. The Morgan fingerprint density at radius 1 is 0.680 bits per heavy atom. The summed E-state index contributed by atoms with van der Waals surface area (Å²) >= 11 is 0. The summed E-state index contributed by atoms with van der Waals surface area (Å²) in [4.78, 5) is 0. The Bertz CT molecular complexity index is 468. The molecule has 2 heterocycles. The Kier molecular flexibility index (Phi) is 4.31. The topological polar surface area (TPSA) is 58.9 Å². The van der Waals surface area contributed by atoms with Crippen molar-refractivity contribution >= 4 is 0 Å². The zero-order chi connectivity index (χ0) is 18.0. The van der Waals surface area contributed by atoms with Gasteiger partial charge in [0.25, 0.3) is 0 Å². The minimum Gasteiger partial charge on any atom is -0.393 e. The zero-order valence-electron chi connectivity index (χ0n) is 16.3. The quantitative estimate of drug-likeness (QED) is 0.699. The molecule has 25 heavy (non-hydrogen) atoms. The molecule has 4 aliphatic rings. The first kappa shape index (κ1) is 18.2. The van der Waals surface area contributed by atoms with Gasteiger partial charge in [-0.15, -0.1) is 0 Å². The molecule has 6 atom stereocenters. The van der Waals surface area contributed by atoms with Gasteiger partial charge in [0.1, 0.15) is 0 Å². The molecule has 144 valence electrons. The lowest BCUT2D eigenvalue weighted by Crippen LogP contribution is -2.63. The molecule has 0 bridgehead atoms. The lowest BCUT2D eigenvalue weighted by molar-refractivity contribution is -0.379.